The molecule has 0 aliphatic heterocycles. The van der Waals surface area contributed by atoms with Gasteiger partial charge in [-0.3, -0.25) is 0 Å². The molecule has 0 aliphatic rings. The molecule has 2 rings (SSSR count). The number of thiazole rings is 1. The molecule has 0 atom stereocenters. The van der Waals surface area contributed by atoms with Gasteiger partial charge in [-0.25, -0.2) is 9.97 Å². The van der Waals surface area contributed by atoms with Crippen LogP contribution in [-0.4, -0.2) is 23.3 Å². The number of pyridine rings is 1. The molecule has 0 spiro atoms. The second kappa shape index (κ2) is 4.25. The van der Waals surface area contributed by atoms with Crippen LogP contribution in [0.1, 0.15) is 5.56 Å². The average Bonchev–Trinajstić information content (AvgIpc) is 2.60. The Hall–Kier alpha value is -0.650. The molecule has 0 bridgehead atoms. The molecule has 74 valence electrons. The van der Waals surface area contributed by atoms with Gasteiger partial charge in [-0.1, -0.05) is 11.8 Å². The van der Waals surface area contributed by atoms with E-state index in [-0.39, 0.29) is 0 Å². The van der Waals surface area contributed by atoms with E-state index < -0.39 is 0 Å². The monoisotopic (exact) mass is 226 g/mol. The minimum Gasteiger partial charge on any atom is -0.380 e. The van der Waals surface area contributed by atoms with Gasteiger partial charge in [0.05, 0.1) is 11.3 Å². The number of hydrogen-bond acceptors (Lipinski definition) is 5. The third kappa shape index (κ3) is 1.89. The molecule has 0 amide bonds. The summed E-state index contributed by atoms with van der Waals surface area (Å²) >= 11 is 3.32. The SMILES string of the molecule is COCc1cnc2nc(SC)sc2c1. The Labute approximate surface area is 90.5 Å². The standard InChI is InChI=1S/C9H10N2OS2/c1-12-5-6-3-7-8(10-4-6)11-9(13-2)14-7/h3-4H,5H2,1-2H3. The average molecular weight is 226 g/mol. The smallest absolute Gasteiger partial charge is 0.171 e. The third-order valence-electron chi connectivity index (χ3n) is 1.77. The van der Waals surface area contributed by atoms with Crippen LogP contribution in [0.15, 0.2) is 16.6 Å². The molecule has 5 heteroatoms. The van der Waals surface area contributed by atoms with Crippen molar-refractivity contribution in [1.29, 1.82) is 0 Å². The second-order valence-electron chi connectivity index (χ2n) is 2.78. The molecule has 0 unspecified atom stereocenters. The van der Waals surface area contributed by atoms with Gasteiger partial charge in [0.2, 0.25) is 0 Å². The minimum atomic E-state index is 0.607. The molecule has 0 aliphatic carbocycles. The third-order valence-corrected chi connectivity index (χ3v) is 3.75. The number of thioether (sulfide) groups is 1. The number of methoxy groups -OCH3 is 1. The van der Waals surface area contributed by atoms with Crippen LogP contribution in [0, 0.1) is 0 Å². The summed E-state index contributed by atoms with van der Waals surface area (Å²) in [6.45, 7) is 0.607. The summed E-state index contributed by atoms with van der Waals surface area (Å²) in [5.74, 6) is 0. The van der Waals surface area contributed by atoms with E-state index in [4.69, 9.17) is 4.74 Å². The molecule has 0 saturated heterocycles. The summed E-state index contributed by atoms with van der Waals surface area (Å²) in [6.07, 6.45) is 3.84. The fourth-order valence-corrected chi connectivity index (χ4v) is 2.67. The molecule has 0 saturated carbocycles. The molecule has 0 aromatic carbocycles. The molecule has 2 aromatic rings. The number of fused-ring (bicyclic) bond motifs is 1. The fraction of sp³-hybridized carbons (Fsp3) is 0.333. The molecule has 0 radical (unpaired) electrons. The Kier molecular flexibility index (Phi) is 3.00. The highest BCUT2D eigenvalue weighted by atomic mass is 32.2. The van der Waals surface area contributed by atoms with Crippen LogP contribution in [-0.2, 0) is 11.3 Å². The lowest BCUT2D eigenvalue weighted by atomic mass is 10.3. The minimum absolute atomic E-state index is 0.607. The van der Waals surface area contributed by atoms with Crippen molar-refractivity contribution in [3.05, 3.63) is 17.8 Å². The number of nitrogens with zero attached hydrogens (tertiary/aromatic N) is 2. The van der Waals surface area contributed by atoms with Gasteiger partial charge in [-0.2, -0.15) is 0 Å². The predicted molar refractivity (Wildman–Crippen MR) is 59.9 cm³/mol. The number of rotatable bonds is 3. The molecule has 2 heterocycles. The lowest BCUT2D eigenvalue weighted by Gasteiger charge is -1.96. The van der Waals surface area contributed by atoms with E-state index in [9.17, 15) is 0 Å². The van der Waals surface area contributed by atoms with Crippen molar-refractivity contribution in [2.45, 2.75) is 10.9 Å². The molecule has 2 aromatic heterocycles. The van der Waals surface area contributed by atoms with Gasteiger partial charge in [0.1, 0.15) is 0 Å². The van der Waals surface area contributed by atoms with Crippen LogP contribution in [0.25, 0.3) is 10.3 Å². The lowest BCUT2D eigenvalue weighted by molar-refractivity contribution is 0.185. The zero-order valence-electron chi connectivity index (χ0n) is 7.98. The fourth-order valence-electron chi connectivity index (χ4n) is 1.17. The number of hydrogen-bond donors (Lipinski definition) is 0. The second-order valence-corrected chi connectivity index (χ2v) is 4.87. The Morgan fingerprint density at radius 1 is 1.57 bits per heavy atom. The summed E-state index contributed by atoms with van der Waals surface area (Å²) in [6, 6.07) is 2.09. The quantitative estimate of drug-likeness (QED) is 0.753. The molecule has 3 nitrogen and oxygen atoms in total. The van der Waals surface area contributed by atoms with E-state index in [1.807, 2.05) is 12.5 Å². The van der Waals surface area contributed by atoms with Crippen molar-refractivity contribution < 1.29 is 4.74 Å². The summed E-state index contributed by atoms with van der Waals surface area (Å²) in [5.41, 5.74) is 1.93. The van der Waals surface area contributed by atoms with E-state index in [0.29, 0.717) is 6.61 Å². The van der Waals surface area contributed by atoms with Crippen LogP contribution in [0.4, 0.5) is 0 Å². The van der Waals surface area contributed by atoms with Gasteiger partial charge < -0.3 is 4.74 Å². The first-order valence-electron chi connectivity index (χ1n) is 4.12. The summed E-state index contributed by atoms with van der Waals surface area (Å²) in [4.78, 5) is 8.64. The lowest BCUT2D eigenvalue weighted by Crippen LogP contribution is -1.88. The van der Waals surface area contributed by atoms with E-state index in [1.54, 1.807) is 30.2 Å². The van der Waals surface area contributed by atoms with Crippen LogP contribution < -0.4 is 0 Å². The molecule has 0 N–H and O–H groups in total. The zero-order chi connectivity index (χ0) is 9.97. The summed E-state index contributed by atoms with van der Waals surface area (Å²) < 4.78 is 7.24. The summed E-state index contributed by atoms with van der Waals surface area (Å²) in [5, 5.41) is 0. The van der Waals surface area contributed by atoms with Gasteiger partial charge in [-0.05, 0) is 17.9 Å². The Bertz CT molecular complexity index is 441. The van der Waals surface area contributed by atoms with Crippen molar-refractivity contribution in [3.8, 4) is 0 Å². The largest absolute Gasteiger partial charge is 0.380 e. The predicted octanol–water partition coefficient (Wildman–Crippen LogP) is 2.56. The van der Waals surface area contributed by atoms with Crippen molar-refractivity contribution in [2.75, 3.05) is 13.4 Å². The highest BCUT2D eigenvalue weighted by Gasteiger charge is 2.04. The van der Waals surface area contributed by atoms with Gasteiger partial charge in [0.25, 0.3) is 0 Å². The Balaban J connectivity index is 2.43. The van der Waals surface area contributed by atoms with Gasteiger partial charge in [-0.15, -0.1) is 11.3 Å². The zero-order valence-corrected chi connectivity index (χ0v) is 9.61. The van der Waals surface area contributed by atoms with Gasteiger partial charge in [0.15, 0.2) is 9.99 Å². The first kappa shape index (κ1) is 9.89. The van der Waals surface area contributed by atoms with E-state index in [2.05, 4.69) is 16.0 Å². The van der Waals surface area contributed by atoms with Crippen LogP contribution >= 0.6 is 23.1 Å². The van der Waals surface area contributed by atoms with Crippen molar-refractivity contribution in [2.24, 2.45) is 0 Å². The first-order chi connectivity index (χ1) is 6.83. The Morgan fingerprint density at radius 3 is 3.14 bits per heavy atom. The normalized spacial score (nSPS) is 11.0. The topological polar surface area (TPSA) is 35.0 Å². The van der Waals surface area contributed by atoms with Crippen LogP contribution in [0.3, 0.4) is 0 Å². The van der Waals surface area contributed by atoms with Gasteiger partial charge in [0, 0.05) is 13.3 Å². The van der Waals surface area contributed by atoms with Crippen molar-refractivity contribution >= 4 is 33.4 Å². The highest BCUT2D eigenvalue weighted by molar-refractivity contribution is 8.00. The maximum absolute atomic E-state index is 5.05. The molecular weight excluding hydrogens is 216 g/mol. The molecule has 0 fully saturated rings. The van der Waals surface area contributed by atoms with E-state index in [1.165, 1.54) is 0 Å². The Morgan fingerprint density at radius 2 is 2.43 bits per heavy atom. The van der Waals surface area contributed by atoms with E-state index in [0.717, 1.165) is 20.3 Å². The highest BCUT2D eigenvalue weighted by Crippen LogP contribution is 2.27. The first-order valence-corrected chi connectivity index (χ1v) is 6.16. The van der Waals surface area contributed by atoms with E-state index >= 15 is 0 Å². The summed E-state index contributed by atoms with van der Waals surface area (Å²) in [7, 11) is 1.68. The number of ether oxygens (including phenoxy) is 1. The van der Waals surface area contributed by atoms with Crippen molar-refractivity contribution in [3.63, 3.8) is 0 Å². The van der Waals surface area contributed by atoms with Gasteiger partial charge >= 0.3 is 0 Å². The maximum Gasteiger partial charge on any atom is 0.171 e. The molecular formula is C9H10N2OS2. The number of aromatic nitrogens is 2. The maximum atomic E-state index is 5.05. The van der Waals surface area contributed by atoms with Crippen LogP contribution in [0.5, 0.6) is 0 Å². The van der Waals surface area contributed by atoms with Crippen LogP contribution in [0.2, 0.25) is 0 Å². The molecule has 14 heavy (non-hydrogen) atoms. The van der Waals surface area contributed by atoms with Crippen molar-refractivity contribution in [1.82, 2.24) is 9.97 Å².